The fourth-order valence-electron chi connectivity index (χ4n) is 2.33. The Kier molecular flexibility index (Phi) is 2.37. The van der Waals surface area contributed by atoms with Gasteiger partial charge in [-0.15, -0.1) is 0 Å². The third kappa shape index (κ3) is 1.47. The molecule has 0 spiro atoms. The summed E-state index contributed by atoms with van der Waals surface area (Å²) in [4.78, 5) is 24.5. The number of aliphatic hydroxyl groups is 1. The molecule has 1 aliphatic rings. The molecule has 0 radical (unpaired) electrons. The van der Waals surface area contributed by atoms with E-state index in [4.69, 9.17) is 0 Å². The van der Waals surface area contributed by atoms with Crippen molar-refractivity contribution in [3.63, 3.8) is 0 Å². The third-order valence-electron chi connectivity index (χ3n) is 3.34. The molecule has 0 saturated carbocycles. The lowest BCUT2D eigenvalue weighted by Crippen LogP contribution is -2.38. The van der Waals surface area contributed by atoms with Gasteiger partial charge in [0, 0.05) is 11.1 Å². The summed E-state index contributed by atoms with van der Waals surface area (Å²) in [6, 6.07) is 11.0. The molecule has 0 bridgehead atoms. The van der Waals surface area contributed by atoms with Crippen LogP contribution in [0.2, 0.25) is 0 Å². The van der Waals surface area contributed by atoms with Crippen LogP contribution in [0.3, 0.4) is 0 Å². The zero-order chi connectivity index (χ0) is 13.6. The Morgan fingerprint density at radius 1 is 0.842 bits per heavy atom. The van der Waals surface area contributed by atoms with Crippen molar-refractivity contribution in [2.75, 3.05) is 0 Å². The SMILES string of the molecule is O=C1c2ccccc2C(=O)C1(O)c1ccc(F)cc1. The molecule has 0 saturated heterocycles. The zero-order valence-electron chi connectivity index (χ0n) is 9.76. The summed E-state index contributed by atoms with van der Waals surface area (Å²) < 4.78 is 12.9. The minimum Gasteiger partial charge on any atom is -0.370 e. The van der Waals surface area contributed by atoms with E-state index in [1.54, 1.807) is 12.1 Å². The first-order chi connectivity index (χ1) is 9.05. The Hall–Kier alpha value is -2.33. The molecule has 3 rings (SSSR count). The summed E-state index contributed by atoms with van der Waals surface area (Å²) in [5.41, 5.74) is -1.77. The molecule has 4 heteroatoms. The molecule has 2 aromatic carbocycles. The summed E-state index contributed by atoms with van der Waals surface area (Å²) >= 11 is 0. The zero-order valence-corrected chi connectivity index (χ0v) is 9.76. The number of rotatable bonds is 1. The number of fused-ring (bicyclic) bond motifs is 1. The lowest BCUT2D eigenvalue weighted by atomic mass is 9.89. The highest BCUT2D eigenvalue weighted by atomic mass is 19.1. The van der Waals surface area contributed by atoms with Gasteiger partial charge in [0.2, 0.25) is 17.2 Å². The molecule has 19 heavy (non-hydrogen) atoms. The second kappa shape index (κ2) is 3.83. The highest BCUT2D eigenvalue weighted by Crippen LogP contribution is 2.37. The van der Waals surface area contributed by atoms with Gasteiger partial charge < -0.3 is 5.11 Å². The summed E-state index contributed by atoms with van der Waals surface area (Å²) in [7, 11) is 0. The first-order valence-corrected chi connectivity index (χ1v) is 5.72. The lowest BCUT2D eigenvalue weighted by molar-refractivity contribution is 0.0321. The second-order valence-electron chi connectivity index (χ2n) is 4.42. The maximum atomic E-state index is 12.9. The first kappa shape index (κ1) is 11.7. The standard InChI is InChI=1S/C15H9FO3/c16-10-7-5-9(6-8-10)15(19)13(17)11-3-1-2-4-12(11)14(15)18/h1-8,19H. The van der Waals surface area contributed by atoms with Gasteiger partial charge in [0.15, 0.2) is 0 Å². The topological polar surface area (TPSA) is 54.4 Å². The Labute approximate surface area is 108 Å². The average Bonchev–Trinajstić information content (AvgIpc) is 2.63. The summed E-state index contributed by atoms with van der Waals surface area (Å²) in [6.45, 7) is 0. The molecule has 0 heterocycles. The van der Waals surface area contributed by atoms with Crippen molar-refractivity contribution in [3.05, 3.63) is 71.0 Å². The van der Waals surface area contributed by atoms with Crippen LogP contribution in [0.1, 0.15) is 26.3 Å². The van der Waals surface area contributed by atoms with Crippen LogP contribution < -0.4 is 0 Å². The molecule has 0 aromatic heterocycles. The van der Waals surface area contributed by atoms with Crippen molar-refractivity contribution >= 4 is 11.6 Å². The van der Waals surface area contributed by atoms with Crippen molar-refractivity contribution in [1.82, 2.24) is 0 Å². The predicted molar refractivity (Wildman–Crippen MR) is 65.4 cm³/mol. The van der Waals surface area contributed by atoms with E-state index < -0.39 is 23.0 Å². The highest BCUT2D eigenvalue weighted by molar-refractivity contribution is 6.31. The van der Waals surface area contributed by atoms with E-state index >= 15 is 0 Å². The molecule has 2 aromatic rings. The summed E-state index contributed by atoms with van der Waals surface area (Å²) in [6.07, 6.45) is 0. The number of carbonyl (C=O) groups is 2. The van der Waals surface area contributed by atoms with Gasteiger partial charge in [-0.05, 0) is 17.7 Å². The maximum Gasteiger partial charge on any atom is 0.216 e. The van der Waals surface area contributed by atoms with Crippen LogP contribution in [0.4, 0.5) is 4.39 Å². The molecule has 94 valence electrons. The van der Waals surface area contributed by atoms with E-state index in [9.17, 15) is 19.1 Å². The molecule has 1 aliphatic carbocycles. The van der Waals surface area contributed by atoms with Crippen LogP contribution in [0.5, 0.6) is 0 Å². The van der Waals surface area contributed by atoms with Gasteiger partial charge in [-0.1, -0.05) is 36.4 Å². The first-order valence-electron chi connectivity index (χ1n) is 5.72. The molecule has 0 amide bonds. The lowest BCUT2D eigenvalue weighted by Gasteiger charge is -2.19. The Morgan fingerprint density at radius 3 is 1.79 bits per heavy atom. The molecular weight excluding hydrogens is 247 g/mol. The molecule has 3 nitrogen and oxygen atoms in total. The Bertz CT molecular complexity index is 654. The van der Waals surface area contributed by atoms with E-state index in [1.807, 2.05) is 0 Å². The van der Waals surface area contributed by atoms with Crippen LogP contribution in [0.25, 0.3) is 0 Å². The van der Waals surface area contributed by atoms with Crippen molar-refractivity contribution in [1.29, 1.82) is 0 Å². The van der Waals surface area contributed by atoms with Gasteiger partial charge in [0.25, 0.3) is 0 Å². The average molecular weight is 256 g/mol. The number of hydrogen-bond acceptors (Lipinski definition) is 3. The van der Waals surface area contributed by atoms with Crippen LogP contribution in [0.15, 0.2) is 48.5 Å². The van der Waals surface area contributed by atoms with Gasteiger partial charge in [-0.2, -0.15) is 0 Å². The van der Waals surface area contributed by atoms with E-state index in [1.165, 1.54) is 24.3 Å². The number of ketones is 2. The van der Waals surface area contributed by atoms with Gasteiger partial charge >= 0.3 is 0 Å². The van der Waals surface area contributed by atoms with Crippen LogP contribution in [-0.2, 0) is 5.60 Å². The minimum absolute atomic E-state index is 0.0834. The number of Topliss-reactive ketones (excluding diaryl/α,β-unsaturated/α-hetero) is 2. The largest absolute Gasteiger partial charge is 0.370 e. The van der Waals surface area contributed by atoms with Gasteiger partial charge in [-0.3, -0.25) is 9.59 Å². The van der Waals surface area contributed by atoms with E-state index in [-0.39, 0.29) is 16.7 Å². The van der Waals surface area contributed by atoms with E-state index in [0.717, 1.165) is 12.1 Å². The summed E-state index contributed by atoms with van der Waals surface area (Å²) in [5, 5.41) is 10.5. The quantitative estimate of drug-likeness (QED) is 0.795. The van der Waals surface area contributed by atoms with Crippen molar-refractivity contribution in [3.8, 4) is 0 Å². The molecule has 0 fully saturated rings. The minimum atomic E-state index is -2.24. The fraction of sp³-hybridized carbons (Fsp3) is 0.0667. The molecule has 0 aliphatic heterocycles. The second-order valence-corrected chi connectivity index (χ2v) is 4.42. The fourth-order valence-corrected chi connectivity index (χ4v) is 2.33. The maximum absolute atomic E-state index is 12.9. The molecule has 0 unspecified atom stereocenters. The van der Waals surface area contributed by atoms with Gasteiger partial charge in [0.1, 0.15) is 5.82 Å². The number of benzene rings is 2. The summed E-state index contributed by atoms with van der Waals surface area (Å²) in [5.74, 6) is -1.83. The van der Waals surface area contributed by atoms with E-state index in [0.29, 0.717) is 0 Å². The van der Waals surface area contributed by atoms with Crippen LogP contribution >= 0.6 is 0 Å². The third-order valence-corrected chi connectivity index (χ3v) is 3.34. The number of halogens is 1. The number of hydrogen-bond donors (Lipinski definition) is 1. The van der Waals surface area contributed by atoms with Crippen LogP contribution in [-0.4, -0.2) is 16.7 Å². The van der Waals surface area contributed by atoms with Crippen molar-refractivity contribution in [2.45, 2.75) is 5.60 Å². The van der Waals surface area contributed by atoms with Crippen molar-refractivity contribution < 1.29 is 19.1 Å². The molecular formula is C15H9FO3. The molecule has 1 N–H and O–H groups in total. The van der Waals surface area contributed by atoms with E-state index in [2.05, 4.69) is 0 Å². The predicted octanol–water partition coefficient (Wildman–Crippen LogP) is 2.09. The Morgan fingerprint density at radius 2 is 1.32 bits per heavy atom. The smallest absolute Gasteiger partial charge is 0.216 e. The Balaban J connectivity index is 2.19. The highest BCUT2D eigenvalue weighted by Gasteiger charge is 2.52. The van der Waals surface area contributed by atoms with Crippen LogP contribution in [0, 0.1) is 5.82 Å². The number of carbonyl (C=O) groups excluding carboxylic acids is 2. The van der Waals surface area contributed by atoms with Gasteiger partial charge in [-0.25, -0.2) is 4.39 Å². The van der Waals surface area contributed by atoms with Crippen molar-refractivity contribution in [2.24, 2.45) is 0 Å². The molecule has 0 atom stereocenters. The normalized spacial score (nSPS) is 16.5. The van der Waals surface area contributed by atoms with Gasteiger partial charge in [0.05, 0.1) is 0 Å². The monoisotopic (exact) mass is 256 g/mol.